The predicted octanol–water partition coefficient (Wildman–Crippen LogP) is 3.51. The van der Waals surface area contributed by atoms with E-state index in [0.717, 1.165) is 23.4 Å². The van der Waals surface area contributed by atoms with Crippen molar-refractivity contribution in [2.24, 2.45) is 16.6 Å². The maximum atomic E-state index is 5.74. The van der Waals surface area contributed by atoms with Crippen molar-refractivity contribution >= 4 is 12.0 Å². The van der Waals surface area contributed by atoms with Crippen LogP contribution in [-0.2, 0) is 0 Å². The van der Waals surface area contributed by atoms with Crippen LogP contribution in [0.2, 0.25) is 0 Å². The van der Waals surface area contributed by atoms with E-state index in [1.54, 1.807) is 13.3 Å². The average Bonchev–Trinajstić information content (AvgIpc) is 2.51. The van der Waals surface area contributed by atoms with Gasteiger partial charge in [0.15, 0.2) is 0 Å². The SMILES string of the molecule is C#C.CC(C)=C/C=C(\N)CC(C)C.CN=Cc1c(C)ncnc1N. The van der Waals surface area contributed by atoms with Crippen LogP contribution < -0.4 is 11.5 Å². The van der Waals surface area contributed by atoms with Gasteiger partial charge in [0.05, 0.1) is 11.3 Å². The van der Waals surface area contributed by atoms with Crippen molar-refractivity contribution in [3.63, 3.8) is 0 Å². The topological polar surface area (TPSA) is 90.2 Å². The van der Waals surface area contributed by atoms with Crippen LogP contribution in [0.25, 0.3) is 0 Å². The summed E-state index contributed by atoms with van der Waals surface area (Å²) >= 11 is 0. The molecule has 0 unspecified atom stereocenters. The fourth-order valence-electron chi connectivity index (χ4n) is 1.60. The Kier molecular flexibility index (Phi) is 13.8. The van der Waals surface area contributed by atoms with E-state index in [4.69, 9.17) is 11.5 Å². The first kappa shape index (κ1) is 23.7. The minimum atomic E-state index is 0.475. The van der Waals surface area contributed by atoms with Crippen LogP contribution >= 0.6 is 0 Å². The van der Waals surface area contributed by atoms with Gasteiger partial charge in [-0.2, -0.15) is 0 Å². The molecule has 0 aromatic carbocycles. The lowest BCUT2D eigenvalue weighted by Crippen LogP contribution is -2.01. The molecule has 1 aromatic rings. The van der Waals surface area contributed by atoms with Crippen molar-refractivity contribution < 1.29 is 0 Å². The standard InChI is InChI=1S/C10H19N.C7H10N4.C2H2/c1-8(2)5-6-10(11)7-9(3)4;1-5-6(3-9-2)7(8)11-4-10-5;1-2/h5-6,9H,7,11H2,1-4H3;3-4H,1-2H3,(H2,8,10,11);1-2H/b10-6-;;. The molecule has 0 amide bonds. The first-order valence-corrected chi connectivity index (χ1v) is 7.70. The molecule has 0 aliphatic carbocycles. The van der Waals surface area contributed by atoms with Gasteiger partial charge in [0.1, 0.15) is 12.1 Å². The van der Waals surface area contributed by atoms with Crippen LogP contribution in [0.4, 0.5) is 5.82 Å². The van der Waals surface area contributed by atoms with Gasteiger partial charge in [0, 0.05) is 19.0 Å². The summed E-state index contributed by atoms with van der Waals surface area (Å²) in [5.74, 6) is 1.12. The predicted molar refractivity (Wildman–Crippen MR) is 106 cm³/mol. The summed E-state index contributed by atoms with van der Waals surface area (Å²) in [5, 5.41) is 0. The van der Waals surface area contributed by atoms with Crippen molar-refractivity contribution in [1.82, 2.24) is 9.97 Å². The van der Waals surface area contributed by atoms with Gasteiger partial charge in [-0.1, -0.05) is 25.5 Å². The second-order valence-electron chi connectivity index (χ2n) is 5.73. The summed E-state index contributed by atoms with van der Waals surface area (Å²) < 4.78 is 0. The number of aliphatic imine (C=N–C) groups is 1. The molecule has 0 aliphatic heterocycles. The molecule has 5 nitrogen and oxygen atoms in total. The quantitative estimate of drug-likeness (QED) is 0.502. The Bertz CT molecular complexity index is 556. The largest absolute Gasteiger partial charge is 0.402 e. The molecule has 0 spiro atoms. The highest BCUT2D eigenvalue weighted by Crippen LogP contribution is 2.07. The number of terminal acetylenes is 1. The fraction of sp³-hybridized carbons (Fsp3) is 0.421. The Morgan fingerprint density at radius 3 is 2.25 bits per heavy atom. The number of rotatable bonds is 4. The zero-order valence-corrected chi connectivity index (χ0v) is 15.7. The van der Waals surface area contributed by atoms with Gasteiger partial charge in [-0.15, -0.1) is 12.8 Å². The highest BCUT2D eigenvalue weighted by molar-refractivity contribution is 5.86. The van der Waals surface area contributed by atoms with E-state index in [1.165, 1.54) is 11.9 Å². The number of aryl methyl sites for hydroxylation is 1. The number of allylic oxidation sites excluding steroid dienone is 4. The normalized spacial score (nSPS) is 10.5. The highest BCUT2D eigenvalue weighted by atomic mass is 14.9. The number of hydrogen-bond donors (Lipinski definition) is 2. The van der Waals surface area contributed by atoms with Gasteiger partial charge in [0.2, 0.25) is 0 Å². The average molecular weight is 329 g/mol. The number of anilines is 1. The van der Waals surface area contributed by atoms with Crippen molar-refractivity contribution in [3.05, 3.63) is 41.0 Å². The van der Waals surface area contributed by atoms with Crippen LogP contribution in [-0.4, -0.2) is 23.2 Å². The molecule has 5 heteroatoms. The van der Waals surface area contributed by atoms with Crippen molar-refractivity contribution in [2.75, 3.05) is 12.8 Å². The van der Waals surface area contributed by atoms with E-state index >= 15 is 0 Å². The number of aromatic nitrogens is 2. The third-order valence-electron chi connectivity index (χ3n) is 2.65. The maximum Gasteiger partial charge on any atom is 0.135 e. The lowest BCUT2D eigenvalue weighted by atomic mass is 10.1. The molecule has 1 heterocycles. The Balaban J connectivity index is 0. The van der Waals surface area contributed by atoms with Gasteiger partial charge < -0.3 is 11.5 Å². The molecule has 0 bridgehead atoms. The summed E-state index contributed by atoms with van der Waals surface area (Å²) in [7, 11) is 1.69. The highest BCUT2D eigenvalue weighted by Gasteiger charge is 2.00. The van der Waals surface area contributed by atoms with E-state index in [9.17, 15) is 0 Å². The van der Waals surface area contributed by atoms with Crippen molar-refractivity contribution in [3.8, 4) is 12.8 Å². The molecule has 0 aliphatic rings. The summed E-state index contributed by atoms with van der Waals surface area (Å²) in [6, 6.07) is 0. The molecule has 0 fully saturated rings. The van der Waals surface area contributed by atoms with Gasteiger partial charge in [-0.25, -0.2) is 9.97 Å². The number of hydrogen-bond acceptors (Lipinski definition) is 5. The lowest BCUT2D eigenvalue weighted by molar-refractivity contribution is 0.638. The number of nitrogens with zero attached hydrogens (tertiary/aromatic N) is 3. The van der Waals surface area contributed by atoms with Gasteiger partial charge in [-0.3, -0.25) is 4.99 Å². The zero-order chi connectivity index (χ0) is 19.1. The molecule has 0 radical (unpaired) electrons. The molecular formula is C19H31N5. The van der Waals surface area contributed by atoms with E-state index in [0.29, 0.717) is 11.7 Å². The second kappa shape index (κ2) is 14.0. The van der Waals surface area contributed by atoms with Crippen LogP contribution in [0.5, 0.6) is 0 Å². The van der Waals surface area contributed by atoms with E-state index in [2.05, 4.69) is 61.6 Å². The Hall–Kier alpha value is -2.61. The number of nitrogen functional groups attached to an aromatic ring is 1. The third-order valence-corrected chi connectivity index (χ3v) is 2.65. The molecule has 0 saturated carbocycles. The van der Waals surface area contributed by atoms with Crippen LogP contribution in [0.1, 0.15) is 45.4 Å². The molecule has 24 heavy (non-hydrogen) atoms. The van der Waals surface area contributed by atoms with E-state index in [1.807, 2.05) is 13.0 Å². The summed E-state index contributed by atoms with van der Waals surface area (Å²) in [6.45, 7) is 10.3. The molecule has 132 valence electrons. The van der Waals surface area contributed by atoms with E-state index < -0.39 is 0 Å². The molecule has 1 rings (SSSR count). The van der Waals surface area contributed by atoms with Crippen LogP contribution in [0.15, 0.2) is 34.7 Å². The number of nitrogens with two attached hydrogens (primary N) is 2. The zero-order valence-electron chi connectivity index (χ0n) is 15.7. The third kappa shape index (κ3) is 12.0. The monoisotopic (exact) mass is 329 g/mol. The van der Waals surface area contributed by atoms with Gasteiger partial charge in [0.25, 0.3) is 0 Å². The minimum Gasteiger partial charge on any atom is -0.402 e. The Morgan fingerprint density at radius 2 is 1.83 bits per heavy atom. The van der Waals surface area contributed by atoms with Crippen molar-refractivity contribution in [2.45, 2.75) is 41.0 Å². The summed E-state index contributed by atoms with van der Waals surface area (Å²) in [5.41, 5.74) is 15.2. The molecule has 4 N–H and O–H groups in total. The van der Waals surface area contributed by atoms with Crippen LogP contribution in [0, 0.1) is 25.7 Å². The maximum absolute atomic E-state index is 5.74. The lowest BCUT2D eigenvalue weighted by Gasteiger charge is -2.02. The van der Waals surface area contributed by atoms with Gasteiger partial charge >= 0.3 is 0 Å². The van der Waals surface area contributed by atoms with Crippen molar-refractivity contribution in [1.29, 1.82) is 0 Å². The second-order valence-corrected chi connectivity index (χ2v) is 5.73. The molecule has 0 saturated heterocycles. The first-order valence-electron chi connectivity index (χ1n) is 7.70. The first-order chi connectivity index (χ1) is 11.3. The Morgan fingerprint density at radius 1 is 1.25 bits per heavy atom. The summed E-state index contributed by atoms with van der Waals surface area (Å²) in [6.07, 6.45) is 16.1. The smallest absolute Gasteiger partial charge is 0.135 e. The molecule has 0 atom stereocenters. The molecular weight excluding hydrogens is 298 g/mol. The Labute approximate surface area is 147 Å². The summed E-state index contributed by atoms with van der Waals surface area (Å²) in [4.78, 5) is 11.7. The van der Waals surface area contributed by atoms with E-state index in [-0.39, 0.29) is 0 Å². The fourth-order valence-corrected chi connectivity index (χ4v) is 1.60. The molecule has 1 aromatic heterocycles. The van der Waals surface area contributed by atoms with Gasteiger partial charge in [-0.05, 0) is 39.2 Å². The van der Waals surface area contributed by atoms with Crippen LogP contribution in [0.3, 0.4) is 0 Å². The minimum absolute atomic E-state index is 0.475.